The highest BCUT2D eigenvalue weighted by Gasteiger charge is 2.12. The van der Waals surface area contributed by atoms with Crippen molar-refractivity contribution in [3.63, 3.8) is 0 Å². The van der Waals surface area contributed by atoms with Crippen molar-refractivity contribution in [2.75, 3.05) is 11.9 Å². The number of nitrogens with zero attached hydrogens (tertiary/aromatic N) is 2. The first-order valence-electron chi connectivity index (χ1n) is 7.25. The molecule has 0 aliphatic carbocycles. The summed E-state index contributed by atoms with van der Waals surface area (Å²) < 4.78 is 0. The molecule has 24 heavy (non-hydrogen) atoms. The maximum atomic E-state index is 10.8. The molecule has 0 spiro atoms. The number of aromatic nitrogens is 1. The van der Waals surface area contributed by atoms with Crippen LogP contribution in [0.5, 0.6) is 0 Å². The number of hydrogen-bond donors (Lipinski definition) is 2. The van der Waals surface area contributed by atoms with E-state index in [0.717, 1.165) is 5.56 Å². The van der Waals surface area contributed by atoms with Gasteiger partial charge in [-0.15, -0.1) is 0 Å². The summed E-state index contributed by atoms with van der Waals surface area (Å²) in [5.74, 6) is 0.574. The lowest BCUT2D eigenvalue weighted by molar-refractivity contribution is -0.384. The Morgan fingerprint density at radius 1 is 1.17 bits per heavy atom. The first kappa shape index (κ1) is 16.2. The average molecular weight is 344 g/mol. The molecule has 1 atom stereocenters. The third-order valence-electron chi connectivity index (χ3n) is 3.66. The van der Waals surface area contributed by atoms with Crippen LogP contribution in [0.2, 0.25) is 5.02 Å². The summed E-state index contributed by atoms with van der Waals surface area (Å²) in [7, 11) is 0. The minimum atomic E-state index is -0.437. The van der Waals surface area contributed by atoms with Gasteiger partial charge in [0.05, 0.1) is 23.1 Å². The normalized spacial score (nSPS) is 12.1. The van der Waals surface area contributed by atoms with Gasteiger partial charge in [-0.25, -0.2) is 4.98 Å². The third kappa shape index (κ3) is 3.45. The molecule has 0 aliphatic heterocycles. The van der Waals surface area contributed by atoms with Crippen LogP contribution in [-0.4, -0.2) is 21.6 Å². The molecule has 0 radical (unpaired) electrons. The minimum absolute atomic E-state index is 0.0272. The van der Waals surface area contributed by atoms with E-state index >= 15 is 0 Å². The Labute approximate surface area is 142 Å². The number of nitrogens with one attached hydrogen (secondary N) is 1. The third-order valence-corrected chi connectivity index (χ3v) is 3.91. The Morgan fingerprint density at radius 3 is 2.58 bits per heavy atom. The zero-order chi connectivity index (χ0) is 17.1. The van der Waals surface area contributed by atoms with Gasteiger partial charge in [-0.05, 0) is 35.9 Å². The average Bonchev–Trinajstić information content (AvgIpc) is 2.60. The summed E-state index contributed by atoms with van der Waals surface area (Å²) in [6.45, 7) is -0.110. The Kier molecular flexibility index (Phi) is 4.59. The second kappa shape index (κ2) is 6.82. The minimum Gasteiger partial charge on any atom is -0.394 e. The molecule has 0 saturated heterocycles. The van der Waals surface area contributed by atoms with Gasteiger partial charge in [-0.3, -0.25) is 10.1 Å². The van der Waals surface area contributed by atoms with Crippen molar-refractivity contribution in [1.29, 1.82) is 0 Å². The van der Waals surface area contributed by atoms with E-state index in [1.54, 1.807) is 30.3 Å². The van der Waals surface area contributed by atoms with Gasteiger partial charge < -0.3 is 10.4 Å². The number of non-ortho nitro benzene ring substituents is 1. The van der Waals surface area contributed by atoms with Crippen LogP contribution in [-0.2, 0) is 0 Å². The Bertz CT molecular complexity index is 884. The van der Waals surface area contributed by atoms with E-state index in [-0.39, 0.29) is 18.3 Å². The van der Waals surface area contributed by atoms with Gasteiger partial charge in [0, 0.05) is 22.5 Å². The fourth-order valence-corrected chi connectivity index (χ4v) is 2.54. The molecular formula is C17H14ClN3O3. The van der Waals surface area contributed by atoms with Crippen molar-refractivity contribution in [3.05, 3.63) is 75.3 Å². The lowest BCUT2D eigenvalue weighted by atomic mass is 10.1. The summed E-state index contributed by atoms with van der Waals surface area (Å²) in [5, 5.41) is 24.9. The Morgan fingerprint density at radius 2 is 1.92 bits per heavy atom. The number of benzene rings is 2. The van der Waals surface area contributed by atoms with E-state index in [2.05, 4.69) is 10.3 Å². The SMILES string of the molecule is O=[N+]([O-])c1ccc2nc(NC(CO)c3ccc(Cl)cc3)ccc2c1. The smallest absolute Gasteiger partial charge is 0.270 e. The lowest BCUT2D eigenvalue weighted by Crippen LogP contribution is -2.15. The van der Waals surface area contributed by atoms with E-state index in [1.807, 2.05) is 12.1 Å². The predicted molar refractivity (Wildman–Crippen MR) is 93.3 cm³/mol. The van der Waals surface area contributed by atoms with E-state index < -0.39 is 4.92 Å². The van der Waals surface area contributed by atoms with E-state index in [4.69, 9.17) is 11.6 Å². The number of halogens is 1. The molecule has 3 rings (SSSR count). The lowest BCUT2D eigenvalue weighted by Gasteiger charge is -2.17. The summed E-state index contributed by atoms with van der Waals surface area (Å²) in [4.78, 5) is 14.8. The summed E-state index contributed by atoms with van der Waals surface area (Å²) in [5.41, 5.74) is 1.55. The number of hydrogen-bond acceptors (Lipinski definition) is 5. The number of aliphatic hydroxyl groups excluding tert-OH is 1. The van der Waals surface area contributed by atoms with E-state index in [0.29, 0.717) is 21.7 Å². The number of aliphatic hydroxyl groups is 1. The van der Waals surface area contributed by atoms with Crippen molar-refractivity contribution >= 4 is 34.0 Å². The number of nitro benzene ring substituents is 1. The van der Waals surface area contributed by atoms with Gasteiger partial charge in [-0.2, -0.15) is 0 Å². The van der Waals surface area contributed by atoms with Gasteiger partial charge in [0.15, 0.2) is 0 Å². The zero-order valence-corrected chi connectivity index (χ0v) is 13.3. The molecular weight excluding hydrogens is 330 g/mol. The molecule has 1 aromatic heterocycles. The van der Waals surface area contributed by atoms with Crippen LogP contribution in [0.4, 0.5) is 11.5 Å². The first-order chi connectivity index (χ1) is 11.6. The molecule has 122 valence electrons. The van der Waals surface area contributed by atoms with Crippen LogP contribution >= 0.6 is 11.6 Å². The van der Waals surface area contributed by atoms with Crippen LogP contribution in [0.1, 0.15) is 11.6 Å². The number of fused-ring (bicyclic) bond motifs is 1. The molecule has 1 unspecified atom stereocenters. The Balaban J connectivity index is 1.87. The number of anilines is 1. The fraction of sp³-hybridized carbons (Fsp3) is 0.118. The van der Waals surface area contributed by atoms with Crippen molar-refractivity contribution in [2.24, 2.45) is 0 Å². The fourth-order valence-electron chi connectivity index (χ4n) is 2.41. The molecule has 0 fully saturated rings. The standard InChI is InChI=1S/C17H14ClN3O3/c18-13-4-1-11(2-5-13)16(10-22)20-17-8-3-12-9-14(21(23)24)6-7-15(12)19-17/h1-9,16,22H,10H2,(H,19,20). The molecule has 2 N–H and O–H groups in total. The molecule has 0 saturated carbocycles. The molecule has 3 aromatic rings. The second-order valence-corrected chi connectivity index (χ2v) is 5.70. The van der Waals surface area contributed by atoms with Crippen molar-refractivity contribution < 1.29 is 10.0 Å². The number of pyridine rings is 1. The highest BCUT2D eigenvalue weighted by atomic mass is 35.5. The summed E-state index contributed by atoms with van der Waals surface area (Å²) in [6.07, 6.45) is 0. The van der Waals surface area contributed by atoms with Gasteiger partial charge in [0.1, 0.15) is 5.82 Å². The summed E-state index contributed by atoms with van der Waals surface area (Å²) in [6, 6.07) is 14.8. The highest BCUT2D eigenvalue weighted by molar-refractivity contribution is 6.30. The van der Waals surface area contributed by atoms with E-state index in [9.17, 15) is 15.2 Å². The van der Waals surface area contributed by atoms with Crippen LogP contribution in [0.15, 0.2) is 54.6 Å². The van der Waals surface area contributed by atoms with Crippen molar-refractivity contribution in [3.8, 4) is 0 Å². The maximum Gasteiger partial charge on any atom is 0.270 e. The van der Waals surface area contributed by atoms with Gasteiger partial charge in [0.25, 0.3) is 5.69 Å². The number of rotatable bonds is 5. The van der Waals surface area contributed by atoms with Gasteiger partial charge in [-0.1, -0.05) is 23.7 Å². The monoisotopic (exact) mass is 343 g/mol. The van der Waals surface area contributed by atoms with Crippen LogP contribution < -0.4 is 5.32 Å². The molecule has 1 heterocycles. The molecule has 7 heteroatoms. The van der Waals surface area contributed by atoms with Crippen LogP contribution in [0.25, 0.3) is 10.9 Å². The molecule has 2 aromatic carbocycles. The van der Waals surface area contributed by atoms with Crippen LogP contribution in [0, 0.1) is 10.1 Å². The second-order valence-electron chi connectivity index (χ2n) is 5.26. The predicted octanol–water partition coefficient (Wildman–Crippen LogP) is 3.94. The van der Waals surface area contributed by atoms with E-state index in [1.165, 1.54) is 12.1 Å². The molecule has 0 amide bonds. The van der Waals surface area contributed by atoms with Gasteiger partial charge >= 0.3 is 0 Å². The molecule has 0 aliphatic rings. The topological polar surface area (TPSA) is 88.3 Å². The largest absolute Gasteiger partial charge is 0.394 e. The maximum absolute atomic E-state index is 10.8. The van der Waals surface area contributed by atoms with Crippen molar-refractivity contribution in [1.82, 2.24) is 4.98 Å². The van der Waals surface area contributed by atoms with Crippen LogP contribution in [0.3, 0.4) is 0 Å². The quantitative estimate of drug-likeness (QED) is 0.541. The highest BCUT2D eigenvalue weighted by Crippen LogP contribution is 2.24. The summed E-state index contributed by atoms with van der Waals surface area (Å²) >= 11 is 5.88. The first-order valence-corrected chi connectivity index (χ1v) is 7.62. The number of nitro groups is 1. The zero-order valence-electron chi connectivity index (χ0n) is 12.5. The Hall–Kier alpha value is -2.70. The van der Waals surface area contributed by atoms with Crippen molar-refractivity contribution in [2.45, 2.75) is 6.04 Å². The van der Waals surface area contributed by atoms with Gasteiger partial charge in [0.2, 0.25) is 0 Å². The molecule has 6 nitrogen and oxygen atoms in total. The molecule has 0 bridgehead atoms.